The second kappa shape index (κ2) is 8.32. The molecule has 2 rings (SSSR count). The maximum atomic E-state index is 12.0. The summed E-state index contributed by atoms with van der Waals surface area (Å²) in [7, 11) is 0. The number of nitrogens with one attached hydrogen (secondary N) is 1. The van der Waals surface area contributed by atoms with E-state index >= 15 is 0 Å². The zero-order valence-electron chi connectivity index (χ0n) is 12.9. The highest BCUT2D eigenvalue weighted by Crippen LogP contribution is 2.28. The molecule has 21 heavy (non-hydrogen) atoms. The molecule has 0 aliphatic heterocycles. The molecule has 0 spiro atoms. The van der Waals surface area contributed by atoms with Crippen molar-refractivity contribution in [3.05, 3.63) is 29.8 Å². The molecule has 0 saturated heterocycles. The van der Waals surface area contributed by atoms with Crippen molar-refractivity contribution in [1.82, 2.24) is 5.32 Å². The molecule has 1 aliphatic carbocycles. The molecule has 0 unspecified atom stereocenters. The first kappa shape index (κ1) is 16.2. The number of amides is 1. The van der Waals surface area contributed by atoms with E-state index < -0.39 is 6.10 Å². The van der Waals surface area contributed by atoms with Crippen molar-refractivity contribution >= 4 is 17.7 Å². The maximum absolute atomic E-state index is 12.0. The molecular formula is C17H25NO2S. The van der Waals surface area contributed by atoms with Gasteiger partial charge in [-0.25, -0.2) is 0 Å². The van der Waals surface area contributed by atoms with Gasteiger partial charge >= 0.3 is 0 Å². The standard InChI is InChI=1S/C17H25NO2S/c1-13-7-9-15(10-8-13)20-14(2)17(19)18-11-12-21-16-5-3-4-6-16/h7-10,14,16H,3-6,11-12H2,1-2H3,(H,18,19)/t14-/m0/s1. The van der Waals surface area contributed by atoms with E-state index in [0.29, 0.717) is 0 Å². The molecule has 116 valence electrons. The topological polar surface area (TPSA) is 38.3 Å². The molecule has 1 aromatic carbocycles. The number of ether oxygens (including phenoxy) is 1. The second-order valence-electron chi connectivity index (χ2n) is 5.64. The van der Waals surface area contributed by atoms with Gasteiger partial charge in [-0.1, -0.05) is 30.5 Å². The van der Waals surface area contributed by atoms with Gasteiger partial charge in [-0.15, -0.1) is 0 Å². The molecule has 0 radical (unpaired) electrons. The lowest BCUT2D eigenvalue weighted by atomic mass is 10.2. The number of hydrogen-bond donors (Lipinski definition) is 1. The van der Waals surface area contributed by atoms with E-state index in [-0.39, 0.29) is 5.91 Å². The fraction of sp³-hybridized carbons (Fsp3) is 0.588. The largest absolute Gasteiger partial charge is 0.481 e. The van der Waals surface area contributed by atoms with Crippen LogP contribution in [0.25, 0.3) is 0 Å². The fourth-order valence-corrected chi connectivity index (χ4v) is 3.69. The number of thioether (sulfide) groups is 1. The summed E-state index contributed by atoms with van der Waals surface area (Å²) in [5.41, 5.74) is 1.18. The van der Waals surface area contributed by atoms with E-state index in [9.17, 15) is 4.79 Å². The van der Waals surface area contributed by atoms with Crippen molar-refractivity contribution in [3.63, 3.8) is 0 Å². The summed E-state index contributed by atoms with van der Waals surface area (Å²) in [5, 5.41) is 3.76. The Hall–Kier alpha value is -1.16. The van der Waals surface area contributed by atoms with Crippen LogP contribution in [0.4, 0.5) is 0 Å². The van der Waals surface area contributed by atoms with E-state index in [2.05, 4.69) is 5.32 Å². The smallest absolute Gasteiger partial charge is 0.260 e. The minimum atomic E-state index is -0.454. The van der Waals surface area contributed by atoms with Gasteiger partial charge in [0.25, 0.3) is 5.91 Å². The van der Waals surface area contributed by atoms with Crippen molar-refractivity contribution in [2.75, 3.05) is 12.3 Å². The molecule has 3 nitrogen and oxygen atoms in total. The second-order valence-corrected chi connectivity index (χ2v) is 7.05. The van der Waals surface area contributed by atoms with Crippen LogP contribution in [0, 0.1) is 6.92 Å². The Balaban J connectivity index is 1.63. The average molecular weight is 307 g/mol. The van der Waals surface area contributed by atoms with Gasteiger partial charge in [0, 0.05) is 17.5 Å². The monoisotopic (exact) mass is 307 g/mol. The van der Waals surface area contributed by atoms with Crippen LogP contribution in [-0.2, 0) is 4.79 Å². The number of carbonyl (C=O) groups excluding carboxylic acids is 1. The Morgan fingerprint density at radius 3 is 2.67 bits per heavy atom. The molecule has 1 atom stereocenters. The number of hydrogen-bond acceptors (Lipinski definition) is 3. The molecule has 0 heterocycles. The van der Waals surface area contributed by atoms with Gasteiger partial charge < -0.3 is 10.1 Å². The Morgan fingerprint density at radius 2 is 2.00 bits per heavy atom. The summed E-state index contributed by atoms with van der Waals surface area (Å²) in [4.78, 5) is 12.0. The summed E-state index contributed by atoms with van der Waals surface area (Å²) in [5.74, 6) is 1.69. The zero-order valence-corrected chi connectivity index (χ0v) is 13.7. The third-order valence-electron chi connectivity index (χ3n) is 3.76. The molecule has 1 fully saturated rings. The van der Waals surface area contributed by atoms with Crippen LogP contribution in [0.3, 0.4) is 0 Å². The lowest BCUT2D eigenvalue weighted by Gasteiger charge is -2.15. The van der Waals surface area contributed by atoms with E-state index in [1.165, 1.54) is 31.2 Å². The number of aryl methyl sites for hydroxylation is 1. The van der Waals surface area contributed by atoms with Crippen molar-refractivity contribution < 1.29 is 9.53 Å². The van der Waals surface area contributed by atoms with Gasteiger partial charge in [0.05, 0.1) is 0 Å². The Kier molecular flexibility index (Phi) is 6.43. The lowest BCUT2D eigenvalue weighted by Crippen LogP contribution is -2.37. The van der Waals surface area contributed by atoms with Gasteiger partial charge in [0.2, 0.25) is 0 Å². The maximum Gasteiger partial charge on any atom is 0.260 e. The summed E-state index contributed by atoms with van der Waals surface area (Å²) in [6, 6.07) is 7.76. The van der Waals surface area contributed by atoms with E-state index in [1.54, 1.807) is 6.92 Å². The predicted molar refractivity (Wildman–Crippen MR) is 89.0 cm³/mol. The van der Waals surface area contributed by atoms with Crippen LogP contribution in [0.1, 0.15) is 38.2 Å². The van der Waals surface area contributed by atoms with Crippen LogP contribution in [-0.4, -0.2) is 29.6 Å². The molecular weight excluding hydrogens is 282 g/mol. The minimum absolute atomic E-state index is 0.0393. The van der Waals surface area contributed by atoms with Crippen molar-refractivity contribution in [3.8, 4) is 5.75 Å². The number of rotatable bonds is 7. The highest BCUT2D eigenvalue weighted by molar-refractivity contribution is 7.99. The van der Waals surface area contributed by atoms with Crippen LogP contribution >= 0.6 is 11.8 Å². The molecule has 1 saturated carbocycles. The SMILES string of the molecule is Cc1ccc(O[C@@H](C)C(=O)NCCSC2CCCC2)cc1. The number of benzene rings is 1. The quantitative estimate of drug-likeness (QED) is 0.783. The predicted octanol–water partition coefficient (Wildman–Crippen LogP) is 3.55. The summed E-state index contributed by atoms with van der Waals surface area (Å²) in [6.45, 7) is 4.54. The highest BCUT2D eigenvalue weighted by Gasteiger charge is 2.16. The highest BCUT2D eigenvalue weighted by atomic mass is 32.2. The Labute approximate surface area is 131 Å². The fourth-order valence-electron chi connectivity index (χ4n) is 2.47. The molecule has 4 heteroatoms. The first-order valence-electron chi connectivity index (χ1n) is 7.78. The van der Waals surface area contributed by atoms with Crippen molar-refractivity contribution in [1.29, 1.82) is 0 Å². The van der Waals surface area contributed by atoms with Crippen LogP contribution in [0.15, 0.2) is 24.3 Å². The van der Waals surface area contributed by atoms with Gasteiger partial charge in [0.1, 0.15) is 5.75 Å². The van der Waals surface area contributed by atoms with Gasteiger partial charge in [-0.2, -0.15) is 11.8 Å². The van der Waals surface area contributed by atoms with Gasteiger partial charge in [-0.3, -0.25) is 4.79 Å². The van der Waals surface area contributed by atoms with Crippen molar-refractivity contribution in [2.45, 2.75) is 50.9 Å². The Bertz CT molecular complexity index is 441. The zero-order chi connectivity index (χ0) is 15.1. The first-order chi connectivity index (χ1) is 10.1. The van der Waals surface area contributed by atoms with Crippen LogP contribution in [0.2, 0.25) is 0 Å². The summed E-state index contributed by atoms with van der Waals surface area (Å²) < 4.78 is 5.64. The third-order valence-corrected chi connectivity index (χ3v) is 5.14. The lowest BCUT2D eigenvalue weighted by molar-refractivity contribution is -0.127. The third kappa shape index (κ3) is 5.62. The van der Waals surface area contributed by atoms with E-state index in [0.717, 1.165) is 23.3 Å². The summed E-state index contributed by atoms with van der Waals surface area (Å²) >= 11 is 1.99. The van der Waals surface area contributed by atoms with Crippen molar-refractivity contribution in [2.24, 2.45) is 0 Å². The molecule has 0 aromatic heterocycles. The average Bonchev–Trinajstić information content (AvgIpc) is 2.99. The summed E-state index contributed by atoms with van der Waals surface area (Å²) in [6.07, 6.45) is 4.96. The Morgan fingerprint density at radius 1 is 1.33 bits per heavy atom. The van der Waals surface area contributed by atoms with Crippen LogP contribution < -0.4 is 10.1 Å². The molecule has 1 aromatic rings. The molecule has 1 N–H and O–H groups in total. The van der Waals surface area contributed by atoms with Crippen LogP contribution in [0.5, 0.6) is 5.75 Å². The first-order valence-corrected chi connectivity index (χ1v) is 8.82. The normalized spacial score (nSPS) is 16.7. The molecule has 0 bridgehead atoms. The van der Waals surface area contributed by atoms with Gasteiger partial charge in [0.15, 0.2) is 6.10 Å². The molecule has 1 amide bonds. The molecule has 1 aliphatic rings. The van der Waals surface area contributed by atoms with E-state index in [4.69, 9.17) is 4.74 Å². The minimum Gasteiger partial charge on any atom is -0.481 e. The van der Waals surface area contributed by atoms with E-state index in [1.807, 2.05) is 43.0 Å². The van der Waals surface area contributed by atoms with Gasteiger partial charge in [-0.05, 0) is 38.8 Å². The number of carbonyl (C=O) groups is 1.